The van der Waals surface area contributed by atoms with E-state index in [2.05, 4.69) is 32.9 Å². The molecule has 4 nitrogen and oxygen atoms in total. The van der Waals surface area contributed by atoms with Gasteiger partial charge in [-0.1, -0.05) is 20.8 Å². The molecule has 20 heavy (non-hydrogen) atoms. The van der Waals surface area contributed by atoms with E-state index in [1.165, 1.54) is 0 Å². The first kappa shape index (κ1) is 16.9. The zero-order valence-electron chi connectivity index (χ0n) is 13.1. The SMILES string of the molecule is CC(C)(C)[Si](C)(C)OC(C#N)(C#N)C1CCCC(=O)C1. The van der Waals surface area contributed by atoms with Gasteiger partial charge in [0, 0.05) is 18.8 Å². The fourth-order valence-electron chi connectivity index (χ4n) is 2.26. The first-order valence-electron chi connectivity index (χ1n) is 7.12. The van der Waals surface area contributed by atoms with E-state index >= 15 is 0 Å². The van der Waals surface area contributed by atoms with E-state index < -0.39 is 13.9 Å². The van der Waals surface area contributed by atoms with Gasteiger partial charge in [0.05, 0.1) is 0 Å². The summed E-state index contributed by atoms with van der Waals surface area (Å²) in [4.78, 5) is 11.7. The van der Waals surface area contributed by atoms with Gasteiger partial charge in [0.1, 0.15) is 17.9 Å². The Morgan fingerprint density at radius 1 is 1.25 bits per heavy atom. The van der Waals surface area contributed by atoms with Gasteiger partial charge in [0.25, 0.3) is 0 Å². The zero-order chi connectivity index (χ0) is 15.6. The monoisotopic (exact) mass is 292 g/mol. The summed E-state index contributed by atoms with van der Waals surface area (Å²) < 4.78 is 6.14. The predicted molar refractivity (Wildman–Crippen MR) is 79.2 cm³/mol. The third-order valence-corrected chi connectivity index (χ3v) is 9.06. The van der Waals surface area contributed by atoms with Gasteiger partial charge in [-0.2, -0.15) is 10.5 Å². The summed E-state index contributed by atoms with van der Waals surface area (Å²) in [5, 5.41) is 19.0. The van der Waals surface area contributed by atoms with Gasteiger partial charge in [0.2, 0.25) is 5.60 Å². The molecule has 1 fully saturated rings. The minimum absolute atomic E-state index is 0.0787. The molecule has 1 saturated carbocycles. The lowest BCUT2D eigenvalue weighted by Crippen LogP contribution is -2.52. The van der Waals surface area contributed by atoms with Crippen LogP contribution in [-0.2, 0) is 9.22 Å². The molecule has 0 aromatic carbocycles. The lowest BCUT2D eigenvalue weighted by Gasteiger charge is -2.43. The quantitative estimate of drug-likeness (QED) is 0.745. The van der Waals surface area contributed by atoms with Crippen molar-refractivity contribution in [3.05, 3.63) is 0 Å². The molecule has 0 amide bonds. The summed E-state index contributed by atoms with van der Waals surface area (Å²) in [6.45, 7) is 10.3. The molecule has 0 spiro atoms. The average molecular weight is 292 g/mol. The second kappa shape index (κ2) is 5.67. The molecule has 0 saturated heterocycles. The van der Waals surface area contributed by atoms with Gasteiger partial charge in [-0.05, 0) is 31.0 Å². The lowest BCUT2D eigenvalue weighted by molar-refractivity contribution is -0.123. The highest BCUT2D eigenvalue weighted by molar-refractivity contribution is 6.74. The Kier molecular flexibility index (Phi) is 4.79. The Morgan fingerprint density at radius 3 is 2.20 bits per heavy atom. The number of hydrogen-bond donors (Lipinski definition) is 0. The molecule has 110 valence electrons. The number of nitriles is 2. The highest BCUT2D eigenvalue weighted by Crippen LogP contribution is 2.43. The van der Waals surface area contributed by atoms with Crippen LogP contribution in [0.1, 0.15) is 46.5 Å². The largest absolute Gasteiger partial charge is 0.388 e. The van der Waals surface area contributed by atoms with Crippen LogP contribution in [0.4, 0.5) is 0 Å². The molecule has 1 unspecified atom stereocenters. The van der Waals surface area contributed by atoms with Crippen LogP contribution in [-0.4, -0.2) is 19.7 Å². The molecule has 1 aliphatic carbocycles. The van der Waals surface area contributed by atoms with Crippen LogP contribution in [0, 0.1) is 28.6 Å². The normalized spacial score (nSPS) is 21.1. The second-order valence-electron chi connectivity index (χ2n) is 7.15. The van der Waals surface area contributed by atoms with Crippen molar-refractivity contribution in [3.63, 3.8) is 0 Å². The highest BCUT2D eigenvalue weighted by Gasteiger charge is 2.50. The van der Waals surface area contributed by atoms with Crippen molar-refractivity contribution in [2.45, 2.75) is 70.2 Å². The molecule has 1 aliphatic rings. The maximum absolute atomic E-state index is 11.7. The predicted octanol–water partition coefficient (Wildman–Crippen LogP) is 3.55. The van der Waals surface area contributed by atoms with Crippen molar-refractivity contribution >= 4 is 14.1 Å². The van der Waals surface area contributed by atoms with Crippen LogP contribution in [0.25, 0.3) is 0 Å². The molecule has 1 atom stereocenters. The molecule has 1 rings (SSSR count). The molecule has 5 heteroatoms. The van der Waals surface area contributed by atoms with Gasteiger partial charge >= 0.3 is 0 Å². The third-order valence-electron chi connectivity index (χ3n) is 4.61. The van der Waals surface area contributed by atoms with Crippen LogP contribution < -0.4 is 0 Å². The molecule has 0 aliphatic heterocycles. The summed E-state index contributed by atoms with van der Waals surface area (Å²) in [7, 11) is -2.24. The maximum atomic E-state index is 11.7. The molecule has 0 N–H and O–H groups in total. The van der Waals surface area contributed by atoms with E-state index in [0.717, 1.165) is 6.42 Å². The van der Waals surface area contributed by atoms with Crippen molar-refractivity contribution < 1.29 is 9.22 Å². The van der Waals surface area contributed by atoms with E-state index in [9.17, 15) is 15.3 Å². The summed E-state index contributed by atoms with van der Waals surface area (Å²) in [5.41, 5.74) is -1.47. The van der Waals surface area contributed by atoms with E-state index in [0.29, 0.717) is 12.8 Å². The Hall–Kier alpha value is -1.17. The Balaban J connectivity index is 3.08. The standard InChI is InChI=1S/C15H24N2O2Si/c1-14(2,3)20(4,5)19-15(10-16,11-17)12-7-6-8-13(18)9-12/h12H,6-9H2,1-5H3. The Bertz CT molecular complexity index is 452. The number of hydrogen-bond acceptors (Lipinski definition) is 4. The van der Waals surface area contributed by atoms with Gasteiger partial charge < -0.3 is 4.43 Å². The summed E-state index contributed by atoms with van der Waals surface area (Å²) in [6.07, 6.45) is 2.30. The smallest absolute Gasteiger partial charge is 0.235 e. The molecule has 0 aromatic rings. The summed E-state index contributed by atoms with van der Waals surface area (Å²) in [5.74, 6) is -0.164. The molecular formula is C15H24N2O2Si. The van der Waals surface area contributed by atoms with Crippen molar-refractivity contribution in [1.82, 2.24) is 0 Å². The van der Waals surface area contributed by atoms with Crippen LogP contribution in [0.2, 0.25) is 18.1 Å². The van der Waals surface area contributed by atoms with Crippen LogP contribution in [0.5, 0.6) is 0 Å². The molecule has 0 heterocycles. The maximum Gasteiger partial charge on any atom is 0.235 e. The first-order chi connectivity index (χ1) is 9.08. The van der Waals surface area contributed by atoms with Crippen molar-refractivity contribution in [3.8, 4) is 12.1 Å². The topological polar surface area (TPSA) is 73.9 Å². The highest BCUT2D eigenvalue weighted by atomic mass is 28.4. The molecular weight excluding hydrogens is 268 g/mol. The second-order valence-corrected chi connectivity index (χ2v) is 11.9. The average Bonchev–Trinajstić information content (AvgIpc) is 2.34. The first-order valence-corrected chi connectivity index (χ1v) is 10.0. The van der Waals surface area contributed by atoms with Crippen molar-refractivity contribution in [2.75, 3.05) is 0 Å². The van der Waals surface area contributed by atoms with Crippen LogP contribution in [0.3, 0.4) is 0 Å². The molecule has 0 bridgehead atoms. The number of carbonyl (C=O) groups is 1. The zero-order valence-corrected chi connectivity index (χ0v) is 14.1. The lowest BCUT2D eigenvalue weighted by atomic mass is 9.78. The molecule has 0 aromatic heterocycles. The minimum atomic E-state index is -2.24. The number of Topliss-reactive ketones (excluding diaryl/α,β-unsaturated/α-hetero) is 1. The number of rotatable bonds is 3. The van der Waals surface area contributed by atoms with Gasteiger partial charge in [-0.15, -0.1) is 0 Å². The number of carbonyl (C=O) groups excluding carboxylic acids is 1. The van der Waals surface area contributed by atoms with Crippen LogP contribution >= 0.6 is 0 Å². The fraction of sp³-hybridized carbons (Fsp3) is 0.800. The van der Waals surface area contributed by atoms with Gasteiger partial charge in [0.15, 0.2) is 8.32 Å². The Labute approximate surface area is 122 Å². The number of nitrogens with zero attached hydrogens (tertiary/aromatic N) is 2. The molecule has 0 radical (unpaired) electrons. The van der Waals surface area contributed by atoms with Crippen molar-refractivity contribution in [1.29, 1.82) is 10.5 Å². The van der Waals surface area contributed by atoms with Crippen LogP contribution in [0.15, 0.2) is 0 Å². The van der Waals surface area contributed by atoms with Gasteiger partial charge in [-0.25, -0.2) is 0 Å². The van der Waals surface area contributed by atoms with E-state index in [4.69, 9.17) is 4.43 Å². The fourth-order valence-corrected chi connectivity index (χ4v) is 3.63. The minimum Gasteiger partial charge on any atom is -0.388 e. The summed E-state index contributed by atoms with van der Waals surface area (Å²) in [6, 6.07) is 4.17. The summed E-state index contributed by atoms with van der Waals surface area (Å²) >= 11 is 0. The van der Waals surface area contributed by atoms with E-state index in [1.807, 2.05) is 13.1 Å². The van der Waals surface area contributed by atoms with E-state index in [-0.39, 0.29) is 23.2 Å². The van der Waals surface area contributed by atoms with Crippen molar-refractivity contribution in [2.24, 2.45) is 5.92 Å². The van der Waals surface area contributed by atoms with Gasteiger partial charge in [-0.3, -0.25) is 4.79 Å². The Morgan fingerprint density at radius 2 is 1.80 bits per heavy atom. The van der Waals surface area contributed by atoms with E-state index in [1.54, 1.807) is 0 Å². The number of ketones is 1. The third kappa shape index (κ3) is 3.28.